The van der Waals surface area contributed by atoms with Crippen molar-refractivity contribution in [2.75, 3.05) is 0 Å². The lowest BCUT2D eigenvalue weighted by Crippen LogP contribution is -2.01. The number of aromatic nitrogens is 2. The SMILES string of the molecule is CCCC(CCC)c1cccc2nc(Cl)n(C)c12. The van der Waals surface area contributed by atoms with Crippen molar-refractivity contribution in [3.63, 3.8) is 0 Å². The van der Waals surface area contributed by atoms with Gasteiger partial charge in [0.15, 0.2) is 0 Å². The Morgan fingerprint density at radius 2 is 1.89 bits per heavy atom. The molecule has 1 aromatic carbocycles. The Morgan fingerprint density at radius 1 is 1.22 bits per heavy atom. The van der Waals surface area contributed by atoms with Gasteiger partial charge in [-0.05, 0) is 42.0 Å². The third-order valence-corrected chi connectivity index (χ3v) is 3.92. The van der Waals surface area contributed by atoms with E-state index in [2.05, 4.69) is 31.0 Å². The van der Waals surface area contributed by atoms with Crippen LogP contribution in [0.2, 0.25) is 5.28 Å². The number of fused-ring (bicyclic) bond motifs is 1. The third-order valence-electron chi connectivity index (χ3n) is 3.58. The molecule has 2 nitrogen and oxygen atoms in total. The van der Waals surface area contributed by atoms with E-state index in [0.717, 1.165) is 5.52 Å². The van der Waals surface area contributed by atoms with Gasteiger partial charge >= 0.3 is 0 Å². The molecule has 0 fully saturated rings. The van der Waals surface area contributed by atoms with Crippen molar-refractivity contribution >= 4 is 22.6 Å². The summed E-state index contributed by atoms with van der Waals surface area (Å²) in [5.74, 6) is 0.621. The van der Waals surface area contributed by atoms with E-state index in [1.54, 1.807) is 0 Å². The Morgan fingerprint density at radius 3 is 2.50 bits per heavy atom. The van der Waals surface area contributed by atoms with Crippen LogP contribution in [-0.2, 0) is 7.05 Å². The summed E-state index contributed by atoms with van der Waals surface area (Å²) in [5, 5.41) is 0.573. The van der Waals surface area contributed by atoms with Gasteiger partial charge < -0.3 is 4.57 Å². The van der Waals surface area contributed by atoms with Gasteiger partial charge in [0.2, 0.25) is 5.28 Å². The van der Waals surface area contributed by atoms with Crippen molar-refractivity contribution in [3.8, 4) is 0 Å². The molecule has 0 unspecified atom stereocenters. The Bertz CT molecular complexity index is 525. The summed E-state index contributed by atoms with van der Waals surface area (Å²) in [7, 11) is 2.00. The minimum absolute atomic E-state index is 0.573. The molecular formula is C15H21ClN2. The van der Waals surface area contributed by atoms with Crippen LogP contribution in [0.1, 0.15) is 51.0 Å². The highest BCUT2D eigenvalue weighted by molar-refractivity contribution is 6.29. The first-order chi connectivity index (χ1) is 8.69. The smallest absolute Gasteiger partial charge is 0.203 e. The molecule has 0 aliphatic rings. The molecule has 2 aromatic rings. The summed E-state index contributed by atoms with van der Waals surface area (Å²) in [4.78, 5) is 4.40. The number of imidazole rings is 1. The molecule has 0 saturated carbocycles. The number of aryl methyl sites for hydroxylation is 1. The lowest BCUT2D eigenvalue weighted by molar-refractivity contribution is 0.562. The largest absolute Gasteiger partial charge is 0.318 e. The number of para-hydroxylation sites is 1. The number of rotatable bonds is 5. The van der Waals surface area contributed by atoms with E-state index in [-0.39, 0.29) is 0 Å². The number of halogens is 1. The van der Waals surface area contributed by atoms with Crippen molar-refractivity contribution in [2.45, 2.75) is 45.4 Å². The van der Waals surface area contributed by atoms with Gasteiger partial charge in [0.1, 0.15) is 0 Å². The molecule has 0 spiro atoms. The topological polar surface area (TPSA) is 17.8 Å². The first kappa shape index (κ1) is 13.4. The van der Waals surface area contributed by atoms with E-state index in [4.69, 9.17) is 11.6 Å². The normalized spacial score (nSPS) is 11.6. The number of hydrogen-bond donors (Lipinski definition) is 0. The van der Waals surface area contributed by atoms with Crippen LogP contribution in [0.5, 0.6) is 0 Å². The molecule has 0 amide bonds. The zero-order chi connectivity index (χ0) is 13.1. The average Bonchev–Trinajstić information content (AvgIpc) is 2.65. The average molecular weight is 265 g/mol. The summed E-state index contributed by atoms with van der Waals surface area (Å²) >= 11 is 6.13. The lowest BCUT2D eigenvalue weighted by atomic mass is 9.89. The first-order valence-corrected chi connectivity index (χ1v) is 7.17. The zero-order valence-corrected chi connectivity index (χ0v) is 12.2. The Balaban J connectivity index is 2.54. The van der Waals surface area contributed by atoms with Crippen LogP contribution >= 0.6 is 11.6 Å². The molecular weight excluding hydrogens is 244 g/mol. The van der Waals surface area contributed by atoms with Crippen molar-refractivity contribution in [1.29, 1.82) is 0 Å². The molecule has 0 aliphatic carbocycles. The van der Waals surface area contributed by atoms with Gasteiger partial charge in [-0.3, -0.25) is 0 Å². The van der Waals surface area contributed by atoms with Gasteiger partial charge in [-0.2, -0.15) is 0 Å². The molecule has 2 rings (SSSR count). The van der Waals surface area contributed by atoms with Crippen LogP contribution in [0.3, 0.4) is 0 Å². The molecule has 98 valence electrons. The molecule has 0 radical (unpaired) electrons. The summed E-state index contributed by atoms with van der Waals surface area (Å²) in [5.41, 5.74) is 3.62. The third kappa shape index (κ3) is 2.39. The second-order valence-electron chi connectivity index (χ2n) is 4.93. The van der Waals surface area contributed by atoms with E-state index >= 15 is 0 Å². The first-order valence-electron chi connectivity index (χ1n) is 6.79. The molecule has 0 atom stereocenters. The van der Waals surface area contributed by atoms with Gasteiger partial charge in [-0.1, -0.05) is 38.8 Å². The van der Waals surface area contributed by atoms with E-state index in [1.807, 2.05) is 17.7 Å². The summed E-state index contributed by atoms with van der Waals surface area (Å²) in [6.45, 7) is 4.50. The van der Waals surface area contributed by atoms with E-state index < -0.39 is 0 Å². The van der Waals surface area contributed by atoms with E-state index in [0.29, 0.717) is 11.2 Å². The predicted octanol–water partition coefficient (Wildman–Crippen LogP) is 4.91. The van der Waals surface area contributed by atoms with Crippen LogP contribution in [0.4, 0.5) is 0 Å². The Labute approximate surface area is 114 Å². The molecule has 1 heterocycles. The molecule has 0 bridgehead atoms. The minimum atomic E-state index is 0.573. The maximum absolute atomic E-state index is 6.13. The summed E-state index contributed by atoms with van der Waals surface area (Å²) in [6.07, 6.45) is 4.89. The molecule has 1 aromatic heterocycles. The minimum Gasteiger partial charge on any atom is -0.318 e. The van der Waals surface area contributed by atoms with Gasteiger partial charge in [-0.15, -0.1) is 0 Å². The van der Waals surface area contributed by atoms with E-state index in [9.17, 15) is 0 Å². The molecule has 0 N–H and O–H groups in total. The van der Waals surface area contributed by atoms with Gasteiger partial charge in [0.05, 0.1) is 11.0 Å². The van der Waals surface area contributed by atoms with Gasteiger partial charge in [0.25, 0.3) is 0 Å². The maximum atomic E-state index is 6.13. The van der Waals surface area contributed by atoms with Crippen LogP contribution in [0.25, 0.3) is 11.0 Å². The van der Waals surface area contributed by atoms with Gasteiger partial charge in [-0.25, -0.2) is 4.98 Å². The molecule has 3 heteroatoms. The lowest BCUT2D eigenvalue weighted by Gasteiger charge is -2.17. The highest BCUT2D eigenvalue weighted by Gasteiger charge is 2.16. The van der Waals surface area contributed by atoms with Crippen LogP contribution in [0.15, 0.2) is 18.2 Å². The van der Waals surface area contributed by atoms with Crippen LogP contribution < -0.4 is 0 Å². The number of nitrogens with zero attached hydrogens (tertiary/aromatic N) is 2. The highest BCUT2D eigenvalue weighted by atomic mass is 35.5. The van der Waals surface area contributed by atoms with Gasteiger partial charge in [0, 0.05) is 7.05 Å². The summed E-state index contributed by atoms with van der Waals surface area (Å²) in [6, 6.07) is 6.37. The molecule has 0 aliphatic heterocycles. The Kier molecular flexibility index (Phi) is 4.28. The fourth-order valence-electron chi connectivity index (χ4n) is 2.75. The highest BCUT2D eigenvalue weighted by Crippen LogP contribution is 2.32. The number of benzene rings is 1. The fourth-order valence-corrected chi connectivity index (χ4v) is 2.93. The quantitative estimate of drug-likeness (QED) is 0.750. The monoisotopic (exact) mass is 264 g/mol. The number of hydrogen-bond acceptors (Lipinski definition) is 1. The van der Waals surface area contributed by atoms with Crippen molar-refractivity contribution in [3.05, 3.63) is 29.0 Å². The maximum Gasteiger partial charge on any atom is 0.203 e. The van der Waals surface area contributed by atoms with E-state index in [1.165, 1.54) is 36.8 Å². The van der Waals surface area contributed by atoms with Crippen LogP contribution in [0, 0.1) is 0 Å². The second kappa shape index (κ2) is 5.75. The second-order valence-corrected chi connectivity index (χ2v) is 5.27. The molecule has 0 saturated heterocycles. The zero-order valence-electron chi connectivity index (χ0n) is 11.4. The van der Waals surface area contributed by atoms with Crippen molar-refractivity contribution in [1.82, 2.24) is 9.55 Å². The predicted molar refractivity (Wildman–Crippen MR) is 78.3 cm³/mol. The molecule has 18 heavy (non-hydrogen) atoms. The van der Waals surface area contributed by atoms with Crippen molar-refractivity contribution < 1.29 is 0 Å². The Hall–Kier alpha value is -1.02. The summed E-state index contributed by atoms with van der Waals surface area (Å²) < 4.78 is 2.00. The van der Waals surface area contributed by atoms with Crippen molar-refractivity contribution in [2.24, 2.45) is 7.05 Å². The standard InChI is InChI=1S/C15H21ClN2/c1-4-7-11(8-5-2)12-9-6-10-13-14(12)18(3)15(16)17-13/h6,9-11H,4-5,7-8H2,1-3H3. The van der Waals surface area contributed by atoms with Crippen LogP contribution in [-0.4, -0.2) is 9.55 Å². The fraction of sp³-hybridized carbons (Fsp3) is 0.533.